The maximum Gasteiger partial charge on any atom is 0.254 e. The SMILES string of the molecule is Cc1c(C(=O)NC[C@H](c2ccco2)N2CCCC2)cnn1C. The van der Waals surface area contributed by atoms with Crippen molar-refractivity contribution < 1.29 is 9.21 Å². The van der Waals surface area contributed by atoms with E-state index in [2.05, 4.69) is 15.3 Å². The Balaban J connectivity index is 1.69. The van der Waals surface area contributed by atoms with Gasteiger partial charge < -0.3 is 9.73 Å². The van der Waals surface area contributed by atoms with Crippen LogP contribution in [0, 0.1) is 6.92 Å². The van der Waals surface area contributed by atoms with Crippen molar-refractivity contribution >= 4 is 5.91 Å². The van der Waals surface area contributed by atoms with E-state index in [0.717, 1.165) is 24.5 Å². The number of aromatic nitrogens is 2. The molecule has 1 aliphatic rings. The van der Waals surface area contributed by atoms with Gasteiger partial charge in [-0.3, -0.25) is 14.4 Å². The normalized spacial score (nSPS) is 16.8. The molecule has 0 aromatic carbocycles. The molecule has 0 saturated carbocycles. The number of hydrogen-bond acceptors (Lipinski definition) is 4. The number of rotatable bonds is 5. The Morgan fingerprint density at radius 1 is 1.45 bits per heavy atom. The molecule has 2 aromatic heterocycles. The molecule has 1 amide bonds. The number of likely N-dealkylation sites (tertiary alicyclic amines) is 1. The van der Waals surface area contributed by atoms with E-state index in [4.69, 9.17) is 4.42 Å². The molecule has 2 aromatic rings. The van der Waals surface area contributed by atoms with Crippen molar-refractivity contribution in [3.05, 3.63) is 41.6 Å². The van der Waals surface area contributed by atoms with E-state index >= 15 is 0 Å². The molecule has 0 bridgehead atoms. The molecule has 0 unspecified atom stereocenters. The molecule has 1 fully saturated rings. The van der Waals surface area contributed by atoms with Crippen molar-refractivity contribution in [3.63, 3.8) is 0 Å². The number of carbonyl (C=O) groups is 1. The standard InChI is InChI=1S/C16H22N4O2/c1-12-13(10-18-19(12)2)16(21)17-11-14(15-6-5-9-22-15)20-7-3-4-8-20/h5-6,9-10,14H,3-4,7-8,11H2,1-2H3,(H,17,21)/t14-/m1/s1. The van der Waals surface area contributed by atoms with Gasteiger partial charge in [0.25, 0.3) is 5.91 Å². The van der Waals surface area contributed by atoms with Gasteiger partial charge in [-0.1, -0.05) is 0 Å². The molecule has 118 valence electrons. The van der Waals surface area contributed by atoms with E-state index in [9.17, 15) is 4.79 Å². The highest BCUT2D eigenvalue weighted by Gasteiger charge is 2.26. The summed E-state index contributed by atoms with van der Waals surface area (Å²) in [6.45, 7) is 4.54. The molecule has 0 aliphatic carbocycles. The van der Waals surface area contributed by atoms with E-state index in [1.807, 2.05) is 26.1 Å². The molecule has 0 spiro atoms. The molecule has 22 heavy (non-hydrogen) atoms. The largest absolute Gasteiger partial charge is 0.468 e. The monoisotopic (exact) mass is 302 g/mol. The molecule has 0 radical (unpaired) electrons. The van der Waals surface area contributed by atoms with Crippen LogP contribution in [0.2, 0.25) is 0 Å². The van der Waals surface area contributed by atoms with E-state index in [-0.39, 0.29) is 11.9 Å². The van der Waals surface area contributed by atoms with Gasteiger partial charge in [0.05, 0.1) is 24.1 Å². The summed E-state index contributed by atoms with van der Waals surface area (Å²) < 4.78 is 7.27. The molecule has 1 aliphatic heterocycles. The maximum atomic E-state index is 12.4. The van der Waals surface area contributed by atoms with Gasteiger partial charge in [-0.2, -0.15) is 5.10 Å². The van der Waals surface area contributed by atoms with Crippen LogP contribution in [-0.4, -0.2) is 40.2 Å². The minimum absolute atomic E-state index is 0.0821. The molecule has 6 heteroatoms. The second kappa shape index (κ2) is 6.36. The summed E-state index contributed by atoms with van der Waals surface area (Å²) in [5.74, 6) is 0.825. The van der Waals surface area contributed by atoms with Crippen LogP contribution in [0.4, 0.5) is 0 Å². The van der Waals surface area contributed by atoms with Gasteiger partial charge in [-0.25, -0.2) is 0 Å². The molecule has 1 N–H and O–H groups in total. The lowest BCUT2D eigenvalue weighted by atomic mass is 10.2. The van der Waals surface area contributed by atoms with Crippen molar-refractivity contribution in [3.8, 4) is 0 Å². The summed E-state index contributed by atoms with van der Waals surface area (Å²) in [6.07, 6.45) is 5.70. The van der Waals surface area contributed by atoms with Crippen molar-refractivity contribution in [2.45, 2.75) is 25.8 Å². The van der Waals surface area contributed by atoms with Crippen LogP contribution >= 0.6 is 0 Å². The van der Waals surface area contributed by atoms with Gasteiger partial charge in [-0.05, 0) is 45.0 Å². The minimum atomic E-state index is -0.0821. The minimum Gasteiger partial charge on any atom is -0.468 e. The third kappa shape index (κ3) is 2.92. The zero-order valence-electron chi connectivity index (χ0n) is 13.1. The summed E-state index contributed by atoms with van der Waals surface area (Å²) in [7, 11) is 1.84. The highest BCUT2D eigenvalue weighted by Crippen LogP contribution is 2.25. The van der Waals surface area contributed by atoms with Crippen LogP contribution in [0.1, 0.15) is 40.7 Å². The number of nitrogens with zero attached hydrogens (tertiary/aromatic N) is 3. The summed E-state index contributed by atoms with van der Waals surface area (Å²) >= 11 is 0. The Hall–Kier alpha value is -2.08. The van der Waals surface area contributed by atoms with Gasteiger partial charge in [0, 0.05) is 19.3 Å². The summed E-state index contributed by atoms with van der Waals surface area (Å²) in [5, 5.41) is 7.14. The van der Waals surface area contributed by atoms with E-state index in [1.54, 1.807) is 17.1 Å². The predicted molar refractivity (Wildman–Crippen MR) is 82.5 cm³/mol. The van der Waals surface area contributed by atoms with Crippen LogP contribution < -0.4 is 5.32 Å². The van der Waals surface area contributed by atoms with E-state index < -0.39 is 0 Å². The zero-order chi connectivity index (χ0) is 15.5. The van der Waals surface area contributed by atoms with Gasteiger partial charge in [0.15, 0.2) is 0 Å². The smallest absolute Gasteiger partial charge is 0.254 e. The predicted octanol–water partition coefficient (Wildman–Crippen LogP) is 1.89. The van der Waals surface area contributed by atoms with Crippen molar-refractivity contribution in [1.29, 1.82) is 0 Å². The fourth-order valence-corrected chi connectivity index (χ4v) is 2.95. The lowest BCUT2D eigenvalue weighted by molar-refractivity contribution is 0.0933. The molecule has 1 atom stereocenters. The van der Waals surface area contributed by atoms with Crippen LogP contribution in [-0.2, 0) is 7.05 Å². The van der Waals surface area contributed by atoms with Crippen molar-refractivity contribution in [1.82, 2.24) is 20.0 Å². The number of nitrogens with one attached hydrogen (secondary N) is 1. The fraction of sp³-hybridized carbons (Fsp3) is 0.500. The van der Waals surface area contributed by atoms with Crippen molar-refractivity contribution in [2.75, 3.05) is 19.6 Å². The quantitative estimate of drug-likeness (QED) is 0.916. The number of hydrogen-bond donors (Lipinski definition) is 1. The maximum absolute atomic E-state index is 12.4. The second-order valence-electron chi connectivity index (χ2n) is 5.75. The van der Waals surface area contributed by atoms with Crippen LogP contribution in [0.25, 0.3) is 0 Å². The fourth-order valence-electron chi connectivity index (χ4n) is 2.95. The summed E-state index contributed by atoms with van der Waals surface area (Å²) in [5.41, 5.74) is 1.50. The molecular weight excluding hydrogens is 280 g/mol. The first kappa shape index (κ1) is 14.8. The third-order valence-corrected chi connectivity index (χ3v) is 4.39. The number of amides is 1. The van der Waals surface area contributed by atoms with Gasteiger partial charge in [0.2, 0.25) is 0 Å². The number of aryl methyl sites for hydroxylation is 1. The summed E-state index contributed by atoms with van der Waals surface area (Å²) in [4.78, 5) is 14.7. The number of furan rings is 1. The molecular formula is C16H22N4O2. The lowest BCUT2D eigenvalue weighted by Gasteiger charge is -2.25. The van der Waals surface area contributed by atoms with Crippen LogP contribution in [0.15, 0.2) is 29.0 Å². The summed E-state index contributed by atoms with van der Waals surface area (Å²) in [6, 6.07) is 3.97. The Bertz CT molecular complexity index is 627. The van der Waals surface area contributed by atoms with Crippen molar-refractivity contribution in [2.24, 2.45) is 7.05 Å². The van der Waals surface area contributed by atoms with Gasteiger partial charge in [0.1, 0.15) is 5.76 Å². The molecule has 3 rings (SSSR count). The van der Waals surface area contributed by atoms with Crippen LogP contribution in [0.5, 0.6) is 0 Å². The number of carbonyl (C=O) groups excluding carboxylic acids is 1. The third-order valence-electron chi connectivity index (χ3n) is 4.39. The molecule has 3 heterocycles. The highest BCUT2D eigenvalue weighted by atomic mass is 16.3. The average Bonchev–Trinajstić information content (AvgIpc) is 3.24. The van der Waals surface area contributed by atoms with Crippen LogP contribution in [0.3, 0.4) is 0 Å². The van der Waals surface area contributed by atoms with E-state index in [0.29, 0.717) is 12.1 Å². The Kier molecular flexibility index (Phi) is 4.29. The molecule has 1 saturated heterocycles. The second-order valence-corrected chi connectivity index (χ2v) is 5.75. The first-order valence-corrected chi connectivity index (χ1v) is 7.71. The van der Waals surface area contributed by atoms with E-state index in [1.165, 1.54) is 12.8 Å². The Morgan fingerprint density at radius 3 is 2.82 bits per heavy atom. The average molecular weight is 302 g/mol. The first-order valence-electron chi connectivity index (χ1n) is 7.71. The lowest BCUT2D eigenvalue weighted by Crippen LogP contribution is -2.36. The Labute approximate surface area is 130 Å². The van der Waals surface area contributed by atoms with Gasteiger partial charge >= 0.3 is 0 Å². The first-order chi connectivity index (χ1) is 10.7. The topological polar surface area (TPSA) is 63.3 Å². The molecule has 6 nitrogen and oxygen atoms in total. The zero-order valence-corrected chi connectivity index (χ0v) is 13.1. The Morgan fingerprint density at radius 2 is 2.23 bits per heavy atom. The highest BCUT2D eigenvalue weighted by molar-refractivity contribution is 5.95. The van der Waals surface area contributed by atoms with Gasteiger partial charge in [-0.15, -0.1) is 0 Å².